The molecule has 1 amide bonds. The van der Waals surface area contributed by atoms with Crippen molar-refractivity contribution in [2.45, 2.75) is 20.0 Å². The fraction of sp³-hybridized carbons (Fsp3) is 0.158. The van der Waals surface area contributed by atoms with E-state index in [9.17, 15) is 9.59 Å². The van der Waals surface area contributed by atoms with E-state index >= 15 is 0 Å². The zero-order valence-corrected chi connectivity index (χ0v) is 14.6. The molecule has 128 valence electrons. The molecule has 0 saturated heterocycles. The summed E-state index contributed by atoms with van der Waals surface area (Å²) in [6, 6.07) is 14.4. The number of benzene rings is 2. The van der Waals surface area contributed by atoms with E-state index in [2.05, 4.69) is 10.3 Å². The number of aromatic amines is 1. The molecule has 5 nitrogen and oxygen atoms in total. The maximum Gasteiger partial charge on any atom is 0.355 e. The van der Waals surface area contributed by atoms with Gasteiger partial charge in [0.25, 0.3) is 5.91 Å². The summed E-state index contributed by atoms with van der Waals surface area (Å²) >= 11 is 6.04. The van der Waals surface area contributed by atoms with Crippen LogP contribution in [0.3, 0.4) is 0 Å². The van der Waals surface area contributed by atoms with Crippen molar-refractivity contribution in [1.82, 2.24) is 4.98 Å². The highest BCUT2D eigenvalue weighted by molar-refractivity contribution is 6.31. The number of nitrogens with one attached hydrogen (secondary N) is 2. The van der Waals surface area contributed by atoms with Crippen LogP contribution in [0.4, 0.5) is 5.69 Å². The summed E-state index contributed by atoms with van der Waals surface area (Å²) in [7, 11) is 0. The third-order valence-corrected chi connectivity index (χ3v) is 4.34. The predicted octanol–water partition coefficient (Wildman–Crippen LogP) is 4.31. The molecular weight excluding hydrogens is 340 g/mol. The van der Waals surface area contributed by atoms with Crippen molar-refractivity contribution < 1.29 is 14.3 Å². The molecule has 0 unspecified atom stereocenters. The van der Waals surface area contributed by atoms with E-state index < -0.39 is 18.0 Å². The van der Waals surface area contributed by atoms with Crippen molar-refractivity contribution in [2.75, 3.05) is 5.32 Å². The number of para-hydroxylation sites is 1. The standard InChI is InChI=1S/C19H17ClN2O3/c1-11-14(20)7-5-9-15(11)22-18(23)12(2)25-19(24)17-10-13-6-3-4-8-16(13)21-17/h3-10,12,21H,1-2H3,(H,22,23)/t12-/m0/s1. The number of H-pyrrole nitrogens is 1. The van der Waals surface area contributed by atoms with Gasteiger partial charge in [-0.3, -0.25) is 4.79 Å². The Bertz CT molecular complexity index is 916. The molecule has 0 bridgehead atoms. The number of halogens is 1. The number of carbonyl (C=O) groups excluding carboxylic acids is 2. The lowest BCUT2D eigenvalue weighted by atomic mass is 10.2. The molecule has 3 aromatic rings. The smallest absolute Gasteiger partial charge is 0.355 e. The number of hydrogen-bond donors (Lipinski definition) is 2. The first kappa shape index (κ1) is 17.0. The van der Waals surface area contributed by atoms with Gasteiger partial charge in [-0.15, -0.1) is 0 Å². The zero-order chi connectivity index (χ0) is 18.0. The van der Waals surface area contributed by atoms with Crippen molar-refractivity contribution in [3.05, 3.63) is 64.8 Å². The van der Waals surface area contributed by atoms with Gasteiger partial charge < -0.3 is 15.0 Å². The molecule has 1 atom stereocenters. The van der Waals surface area contributed by atoms with E-state index in [0.717, 1.165) is 16.5 Å². The number of amides is 1. The molecule has 2 aromatic carbocycles. The van der Waals surface area contributed by atoms with Gasteiger partial charge in [0.15, 0.2) is 6.10 Å². The molecular formula is C19H17ClN2O3. The molecule has 0 radical (unpaired) electrons. The number of anilines is 1. The summed E-state index contributed by atoms with van der Waals surface area (Å²) in [4.78, 5) is 27.5. The molecule has 0 aliphatic carbocycles. The largest absolute Gasteiger partial charge is 0.448 e. The first-order chi connectivity index (χ1) is 12.0. The number of ether oxygens (including phenoxy) is 1. The molecule has 0 aliphatic heterocycles. The highest BCUT2D eigenvalue weighted by Crippen LogP contribution is 2.23. The van der Waals surface area contributed by atoms with Gasteiger partial charge in [0, 0.05) is 21.6 Å². The fourth-order valence-corrected chi connectivity index (χ4v) is 2.61. The quantitative estimate of drug-likeness (QED) is 0.684. The number of rotatable bonds is 4. The van der Waals surface area contributed by atoms with Crippen LogP contribution in [0, 0.1) is 6.92 Å². The highest BCUT2D eigenvalue weighted by Gasteiger charge is 2.21. The average molecular weight is 357 g/mol. The van der Waals surface area contributed by atoms with Gasteiger partial charge in [-0.25, -0.2) is 4.79 Å². The Balaban J connectivity index is 1.68. The van der Waals surface area contributed by atoms with E-state index in [1.807, 2.05) is 24.3 Å². The van der Waals surface area contributed by atoms with E-state index in [-0.39, 0.29) is 0 Å². The number of carbonyl (C=O) groups is 2. The summed E-state index contributed by atoms with van der Waals surface area (Å²) < 4.78 is 5.25. The first-order valence-corrected chi connectivity index (χ1v) is 8.18. The molecule has 2 N–H and O–H groups in total. The molecule has 0 saturated carbocycles. The average Bonchev–Trinajstić information content (AvgIpc) is 3.03. The lowest BCUT2D eigenvalue weighted by Gasteiger charge is -2.14. The Morgan fingerprint density at radius 1 is 1.16 bits per heavy atom. The SMILES string of the molecule is Cc1c(Cl)cccc1NC(=O)[C@H](C)OC(=O)c1cc2ccccc2[nH]1. The minimum absolute atomic E-state index is 0.305. The maximum absolute atomic E-state index is 12.3. The Kier molecular flexibility index (Phi) is 4.76. The minimum Gasteiger partial charge on any atom is -0.448 e. The van der Waals surface area contributed by atoms with Crippen LogP contribution in [0.2, 0.25) is 5.02 Å². The molecule has 0 spiro atoms. The van der Waals surface area contributed by atoms with Crippen molar-refractivity contribution in [3.8, 4) is 0 Å². The van der Waals surface area contributed by atoms with Crippen molar-refractivity contribution >= 4 is 40.1 Å². The Morgan fingerprint density at radius 2 is 1.92 bits per heavy atom. The van der Waals surface area contributed by atoms with E-state index in [1.54, 1.807) is 31.2 Å². The van der Waals surface area contributed by atoms with Crippen LogP contribution in [0.5, 0.6) is 0 Å². The van der Waals surface area contributed by atoms with Crippen LogP contribution >= 0.6 is 11.6 Å². The van der Waals surface area contributed by atoms with Gasteiger partial charge >= 0.3 is 5.97 Å². The molecule has 3 rings (SSSR count). The van der Waals surface area contributed by atoms with Crippen LogP contribution in [-0.4, -0.2) is 23.0 Å². The van der Waals surface area contributed by atoms with E-state index in [4.69, 9.17) is 16.3 Å². The van der Waals surface area contributed by atoms with Crippen LogP contribution in [-0.2, 0) is 9.53 Å². The lowest BCUT2D eigenvalue weighted by molar-refractivity contribution is -0.123. The molecule has 0 aliphatic rings. The van der Waals surface area contributed by atoms with Crippen molar-refractivity contribution in [1.29, 1.82) is 0 Å². The van der Waals surface area contributed by atoms with Gasteiger partial charge in [-0.1, -0.05) is 35.9 Å². The number of hydrogen-bond acceptors (Lipinski definition) is 3. The monoisotopic (exact) mass is 356 g/mol. The van der Waals surface area contributed by atoms with Crippen LogP contribution in [0.1, 0.15) is 23.0 Å². The summed E-state index contributed by atoms with van der Waals surface area (Å²) in [6.07, 6.45) is -0.947. The van der Waals surface area contributed by atoms with E-state index in [1.165, 1.54) is 6.92 Å². The van der Waals surface area contributed by atoms with Gasteiger partial charge in [0.1, 0.15) is 5.69 Å². The maximum atomic E-state index is 12.3. The topological polar surface area (TPSA) is 71.2 Å². The second kappa shape index (κ2) is 6.99. The zero-order valence-electron chi connectivity index (χ0n) is 13.8. The van der Waals surface area contributed by atoms with Crippen molar-refractivity contribution in [3.63, 3.8) is 0 Å². The summed E-state index contributed by atoms with van der Waals surface area (Å²) in [6.45, 7) is 3.33. The second-order valence-corrected chi connectivity index (χ2v) is 6.13. The van der Waals surface area contributed by atoms with Gasteiger partial charge in [-0.05, 0) is 43.7 Å². The highest BCUT2D eigenvalue weighted by atomic mass is 35.5. The molecule has 1 aromatic heterocycles. The third-order valence-electron chi connectivity index (χ3n) is 3.93. The number of aromatic nitrogens is 1. The predicted molar refractivity (Wildman–Crippen MR) is 98.0 cm³/mol. The van der Waals surface area contributed by atoms with Gasteiger partial charge in [0.05, 0.1) is 0 Å². The second-order valence-electron chi connectivity index (χ2n) is 5.72. The van der Waals surface area contributed by atoms with Gasteiger partial charge in [-0.2, -0.15) is 0 Å². The van der Waals surface area contributed by atoms with Crippen molar-refractivity contribution in [2.24, 2.45) is 0 Å². The molecule has 0 fully saturated rings. The summed E-state index contributed by atoms with van der Waals surface area (Å²) in [5, 5.41) is 4.18. The third kappa shape index (κ3) is 3.67. The molecule has 25 heavy (non-hydrogen) atoms. The Labute approximate surface area is 149 Å². The van der Waals surface area contributed by atoms with Crippen LogP contribution in [0.25, 0.3) is 10.9 Å². The van der Waals surface area contributed by atoms with Crippen LogP contribution in [0.15, 0.2) is 48.5 Å². The molecule has 1 heterocycles. The Morgan fingerprint density at radius 3 is 2.68 bits per heavy atom. The lowest BCUT2D eigenvalue weighted by Crippen LogP contribution is -2.30. The number of esters is 1. The fourth-order valence-electron chi connectivity index (χ4n) is 2.44. The summed E-state index contributed by atoms with van der Waals surface area (Å²) in [5.74, 6) is -1.00. The first-order valence-electron chi connectivity index (χ1n) is 7.80. The van der Waals surface area contributed by atoms with Crippen LogP contribution < -0.4 is 5.32 Å². The molecule has 6 heteroatoms. The Hall–Kier alpha value is -2.79. The van der Waals surface area contributed by atoms with Gasteiger partial charge in [0.2, 0.25) is 0 Å². The van der Waals surface area contributed by atoms with E-state index in [0.29, 0.717) is 16.4 Å². The summed E-state index contributed by atoms with van der Waals surface area (Å²) in [5.41, 5.74) is 2.48. The number of fused-ring (bicyclic) bond motifs is 1. The normalized spacial score (nSPS) is 12.0. The minimum atomic E-state index is -0.947.